The number of hydrogen-bond donors (Lipinski definition) is 1. The van der Waals surface area contributed by atoms with Crippen molar-refractivity contribution in [3.05, 3.63) is 58.8 Å². The number of halogens is 2. The normalized spacial score (nSPS) is 10.3. The Morgan fingerprint density at radius 1 is 1.11 bits per heavy atom. The first kappa shape index (κ1) is 13.9. The molecule has 0 bridgehead atoms. The minimum absolute atomic E-state index is 0.186. The zero-order chi connectivity index (χ0) is 13.7. The molecule has 1 N–H and O–H groups in total. The molecule has 0 atom stereocenters. The van der Waals surface area contributed by atoms with Crippen molar-refractivity contribution in [2.24, 2.45) is 0 Å². The van der Waals surface area contributed by atoms with E-state index in [2.05, 4.69) is 21.2 Å². The van der Waals surface area contributed by atoms with Crippen molar-refractivity contribution >= 4 is 27.3 Å². The molecule has 0 aliphatic carbocycles. The average molecular weight is 323 g/mol. The van der Waals surface area contributed by atoms with E-state index in [4.69, 9.17) is 0 Å². The summed E-state index contributed by atoms with van der Waals surface area (Å²) < 4.78 is 14.6. The summed E-state index contributed by atoms with van der Waals surface area (Å²) in [4.78, 5) is 1.90. The van der Waals surface area contributed by atoms with Gasteiger partial charge in [0.15, 0.2) is 0 Å². The van der Waals surface area contributed by atoms with E-state index < -0.39 is 0 Å². The Labute approximate surface area is 121 Å². The highest BCUT2D eigenvalue weighted by Gasteiger charge is 2.05. The van der Waals surface area contributed by atoms with Crippen LogP contribution in [0.15, 0.2) is 53.0 Å². The van der Waals surface area contributed by atoms with Crippen LogP contribution in [0, 0.1) is 5.82 Å². The van der Waals surface area contributed by atoms with Gasteiger partial charge in [0.05, 0.1) is 5.69 Å². The molecule has 4 heteroatoms. The van der Waals surface area contributed by atoms with Gasteiger partial charge in [-0.3, -0.25) is 0 Å². The van der Waals surface area contributed by atoms with Gasteiger partial charge in [0.2, 0.25) is 0 Å². The lowest BCUT2D eigenvalue weighted by molar-refractivity contribution is 0.623. The maximum atomic E-state index is 13.6. The summed E-state index contributed by atoms with van der Waals surface area (Å²) in [5.41, 5.74) is 1.69. The van der Waals surface area contributed by atoms with E-state index in [9.17, 15) is 4.39 Å². The summed E-state index contributed by atoms with van der Waals surface area (Å²) in [5, 5.41) is 3.31. The number of para-hydroxylation sites is 1. The molecule has 2 aromatic carbocycles. The van der Waals surface area contributed by atoms with Gasteiger partial charge in [-0.05, 0) is 36.4 Å². The van der Waals surface area contributed by atoms with Crippen molar-refractivity contribution in [1.29, 1.82) is 0 Å². The summed E-state index contributed by atoms with van der Waals surface area (Å²) in [6.45, 7) is 1.49. The monoisotopic (exact) mass is 322 g/mol. The number of nitrogens with one attached hydrogen (secondary N) is 1. The molecule has 0 fully saturated rings. The van der Waals surface area contributed by atoms with Gasteiger partial charge in [0, 0.05) is 30.3 Å². The Balaban J connectivity index is 1.86. The molecule has 2 nitrogen and oxygen atoms in total. The van der Waals surface area contributed by atoms with E-state index in [1.165, 1.54) is 6.07 Å². The van der Waals surface area contributed by atoms with Gasteiger partial charge < -0.3 is 10.2 Å². The van der Waals surface area contributed by atoms with Gasteiger partial charge >= 0.3 is 0 Å². The van der Waals surface area contributed by atoms with Gasteiger partial charge in [0.25, 0.3) is 0 Å². The molecule has 0 aromatic heterocycles. The van der Waals surface area contributed by atoms with Crippen molar-refractivity contribution in [1.82, 2.24) is 0 Å². The van der Waals surface area contributed by atoms with Gasteiger partial charge in [-0.1, -0.05) is 28.1 Å². The number of rotatable bonds is 5. The van der Waals surface area contributed by atoms with Gasteiger partial charge in [0.1, 0.15) is 5.82 Å². The number of hydrogen-bond acceptors (Lipinski definition) is 2. The fourth-order valence-electron chi connectivity index (χ4n) is 1.82. The van der Waals surface area contributed by atoms with Crippen LogP contribution in [0.1, 0.15) is 0 Å². The minimum Gasteiger partial charge on any atom is -0.383 e. The summed E-state index contributed by atoms with van der Waals surface area (Å²) in [5.74, 6) is -0.186. The summed E-state index contributed by atoms with van der Waals surface area (Å²) >= 11 is 3.40. The lowest BCUT2D eigenvalue weighted by Gasteiger charge is -2.20. The molecular formula is C15H16BrFN2. The van der Waals surface area contributed by atoms with E-state index in [0.29, 0.717) is 5.69 Å². The number of likely N-dealkylation sites (N-methyl/N-ethyl adjacent to an activating group) is 1. The van der Waals surface area contributed by atoms with Crippen molar-refractivity contribution < 1.29 is 4.39 Å². The lowest BCUT2D eigenvalue weighted by atomic mass is 10.3. The van der Waals surface area contributed by atoms with Crippen LogP contribution in [0.3, 0.4) is 0 Å². The second-order valence-corrected chi connectivity index (χ2v) is 5.22. The summed E-state index contributed by atoms with van der Waals surface area (Å²) in [7, 11) is 1.89. The smallest absolute Gasteiger partial charge is 0.146 e. The molecule has 0 radical (unpaired) electrons. The number of nitrogens with zero attached hydrogens (tertiary/aromatic N) is 1. The molecule has 2 rings (SSSR count). The topological polar surface area (TPSA) is 15.3 Å². The van der Waals surface area contributed by atoms with Crippen molar-refractivity contribution in [3.63, 3.8) is 0 Å². The molecular weight excluding hydrogens is 307 g/mol. The Kier molecular flexibility index (Phi) is 4.80. The zero-order valence-electron chi connectivity index (χ0n) is 10.7. The predicted molar refractivity (Wildman–Crippen MR) is 82.3 cm³/mol. The standard InChI is InChI=1S/C15H16BrFN2/c1-19(15-5-3-2-4-14(15)17)11-10-18-13-8-6-12(16)7-9-13/h2-9,18H,10-11H2,1H3. The largest absolute Gasteiger partial charge is 0.383 e. The second kappa shape index (κ2) is 6.57. The lowest BCUT2D eigenvalue weighted by Crippen LogP contribution is -2.25. The third-order valence-electron chi connectivity index (χ3n) is 2.88. The third kappa shape index (κ3) is 3.96. The molecule has 0 saturated heterocycles. The van der Waals surface area contributed by atoms with Crippen molar-refractivity contribution in [2.45, 2.75) is 0 Å². The van der Waals surface area contributed by atoms with Crippen LogP contribution in [0.2, 0.25) is 0 Å². The van der Waals surface area contributed by atoms with E-state index in [-0.39, 0.29) is 5.82 Å². The summed E-state index contributed by atoms with van der Waals surface area (Å²) in [6, 6.07) is 14.8. The van der Waals surface area contributed by atoms with Crippen molar-refractivity contribution in [2.75, 3.05) is 30.4 Å². The Morgan fingerprint density at radius 3 is 2.47 bits per heavy atom. The van der Waals surface area contributed by atoms with Crippen LogP contribution in [0.4, 0.5) is 15.8 Å². The Hall–Kier alpha value is -1.55. The quantitative estimate of drug-likeness (QED) is 0.890. The van der Waals surface area contributed by atoms with Crippen LogP contribution in [-0.4, -0.2) is 20.1 Å². The maximum Gasteiger partial charge on any atom is 0.146 e. The first-order chi connectivity index (χ1) is 9.16. The first-order valence-electron chi connectivity index (χ1n) is 6.12. The minimum atomic E-state index is -0.186. The molecule has 0 spiro atoms. The first-order valence-corrected chi connectivity index (χ1v) is 6.91. The van der Waals surface area contributed by atoms with Gasteiger partial charge in [-0.15, -0.1) is 0 Å². The number of benzene rings is 2. The molecule has 0 heterocycles. The van der Waals surface area contributed by atoms with Crippen LogP contribution in [0.5, 0.6) is 0 Å². The predicted octanol–water partition coefficient (Wildman–Crippen LogP) is 4.14. The molecule has 2 aromatic rings. The fourth-order valence-corrected chi connectivity index (χ4v) is 2.08. The summed E-state index contributed by atoms with van der Waals surface area (Å²) in [6.07, 6.45) is 0. The molecule has 0 unspecified atom stereocenters. The van der Waals surface area contributed by atoms with Crippen LogP contribution >= 0.6 is 15.9 Å². The van der Waals surface area contributed by atoms with E-state index in [1.807, 2.05) is 42.3 Å². The molecule has 0 aliphatic heterocycles. The second-order valence-electron chi connectivity index (χ2n) is 4.31. The van der Waals surface area contributed by atoms with Crippen LogP contribution in [0.25, 0.3) is 0 Å². The molecule has 100 valence electrons. The maximum absolute atomic E-state index is 13.6. The highest BCUT2D eigenvalue weighted by molar-refractivity contribution is 9.10. The van der Waals surface area contributed by atoms with Crippen LogP contribution < -0.4 is 10.2 Å². The molecule has 0 aliphatic rings. The molecule has 0 saturated carbocycles. The molecule has 0 amide bonds. The van der Waals surface area contributed by atoms with E-state index >= 15 is 0 Å². The number of anilines is 2. The van der Waals surface area contributed by atoms with Gasteiger partial charge in [-0.2, -0.15) is 0 Å². The van der Waals surface area contributed by atoms with Crippen molar-refractivity contribution in [3.8, 4) is 0 Å². The van der Waals surface area contributed by atoms with Crippen LogP contribution in [-0.2, 0) is 0 Å². The SMILES string of the molecule is CN(CCNc1ccc(Br)cc1)c1ccccc1F. The van der Waals surface area contributed by atoms with Gasteiger partial charge in [-0.25, -0.2) is 4.39 Å². The third-order valence-corrected chi connectivity index (χ3v) is 3.41. The van der Waals surface area contributed by atoms with E-state index in [1.54, 1.807) is 12.1 Å². The Morgan fingerprint density at radius 2 is 1.79 bits per heavy atom. The average Bonchev–Trinajstić information content (AvgIpc) is 2.41. The fraction of sp³-hybridized carbons (Fsp3) is 0.200. The Bertz CT molecular complexity index is 528. The highest BCUT2D eigenvalue weighted by Crippen LogP contribution is 2.17. The molecule has 19 heavy (non-hydrogen) atoms. The highest BCUT2D eigenvalue weighted by atomic mass is 79.9. The zero-order valence-corrected chi connectivity index (χ0v) is 12.3. The van der Waals surface area contributed by atoms with E-state index in [0.717, 1.165) is 23.2 Å².